The molecule has 0 radical (unpaired) electrons. The predicted octanol–water partition coefficient (Wildman–Crippen LogP) is 4.60. The van der Waals surface area contributed by atoms with Gasteiger partial charge < -0.3 is 9.64 Å². The third-order valence-corrected chi connectivity index (χ3v) is 5.53. The maximum Gasteiger partial charge on any atom is 0.306 e. The van der Waals surface area contributed by atoms with Crippen LogP contribution in [0.2, 0.25) is 0 Å². The molecule has 24 heavy (non-hydrogen) atoms. The number of amides is 1. The van der Waals surface area contributed by atoms with Gasteiger partial charge in [-0.1, -0.05) is 51.9 Å². The van der Waals surface area contributed by atoms with Gasteiger partial charge in [0.05, 0.1) is 13.0 Å². The molecule has 0 aromatic carbocycles. The predicted molar refractivity (Wildman–Crippen MR) is 95.7 cm³/mol. The maximum absolute atomic E-state index is 12.9. The van der Waals surface area contributed by atoms with Crippen molar-refractivity contribution in [2.24, 2.45) is 0 Å². The molecule has 2 aliphatic carbocycles. The number of rotatable bonds is 8. The molecule has 0 N–H and O–H groups in total. The van der Waals surface area contributed by atoms with E-state index in [-0.39, 0.29) is 18.3 Å². The highest BCUT2D eigenvalue weighted by Crippen LogP contribution is 2.30. The van der Waals surface area contributed by atoms with E-state index in [1.54, 1.807) is 0 Å². The Morgan fingerprint density at radius 2 is 1.42 bits per heavy atom. The van der Waals surface area contributed by atoms with Gasteiger partial charge in [-0.3, -0.25) is 9.59 Å². The number of ether oxygens (including phenoxy) is 1. The van der Waals surface area contributed by atoms with Crippen LogP contribution in [0, 0.1) is 0 Å². The molecule has 0 bridgehead atoms. The zero-order valence-corrected chi connectivity index (χ0v) is 15.4. The van der Waals surface area contributed by atoms with Crippen LogP contribution in [-0.2, 0) is 14.3 Å². The van der Waals surface area contributed by atoms with E-state index < -0.39 is 0 Å². The van der Waals surface area contributed by atoms with Gasteiger partial charge in [-0.25, -0.2) is 0 Å². The summed E-state index contributed by atoms with van der Waals surface area (Å²) in [7, 11) is 0. The SMILES string of the molecule is CCCCOC(=O)CCC(=O)N(C1CCCCC1)C1CCCCC1. The smallest absolute Gasteiger partial charge is 0.306 e. The zero-order valence-electron chi connectivity index (χ0n) is 15.4. The second kappa shape index (κ2) is 10.7. The molecule has 0 saturated heterocycles. The molecule has 4 nitrogen and oxygen atoms in total. The van der Waals surface area contributed by atoms with E-state index >= 15 is 0 Å². The van der Waals surface area contributed by atoms with Crippen molar-refractivity contribution >= 4 is 11.9 Å². The Labute approximate surface area is 147 Å². The summed E-state index contributed by atoms with van der Waals surface area (Å²) in [4.78, 5) is 26.9. The van der Waals surface area contributed by atoms with Crippen molar-refractivity contribution in [2.75, 3.05) is 6.61 Å². The fourth-order valence-corrected chi connectivity index (χ4v) is 4.16. The summed E-state index contributed by atoms with van der Waals surface area (Å²) in [5.74, 6) is -0.0368. The third-order valence-electron chi connectivity index (χ3n) is 5.53. The molecule has 0 heterocycles. The lowest BCUT2D eigenvalue weighted by molar-refractivity contribution is -0.147. The van der Waals surface area contributed by atoms with Crippen molar-refractivity contribution in [3.63, 3.8) is 0 Å². The quantitative estimate of drug-likeness (QED) is 0.480. The largest absolute Gasteiger partial charge is 0.466 e. The van der Waals surface area contributed by atoms with Crippen LogP contribution in [0.25, 0.3) is 0 Å². The fraction of sp³-hybridized carbons (Fsp3) is 0.900. The minimum Gasteiger partial charge on any atom is -0.466 e. The van der Waals surface area contributed by atoms with Gasteiger partial charge >= 0.3 is 5.97 Å². The number of carbonyl (C=O) groups is 2. The Morgan fingerprint density at radius 3 is 1.92 bits per heavy atom. The summed E-state index contributed by atoms with van der Waals surface area (Å²) >= 11 is 0. The second-order valence-electron chi connectivity index (χ2n) is 7.46. The Hall–Kier alpha value is -1.06. The molecule has 0 aromatic heterocycles. The van der Waals surface area contributed by atoms with Crippen LogP contribution in [0.15, 0.2) is 0 Å². The van der Waals surface area contributed by atoms with Crippen molar-refractivity contribution < 1.29 is 14.3 Å². The van der Waals surface area contributed by atoms with Crippen molar-refractivity contribution in [2.45, 2.75) is 109 Å². The van der Waals surface area contributed by atoms with Gasteiger partial charge in [0.25, 0.3) is 0 Å². The minimum atomic E-state index is -0.218. The average molecular weight is 338 g/mol. The van der Waals surface area contributed by atoms with Gasteiger partial charge in [0.2, 0.25) is 5.91 Å². The molecular weight excluding hydrogens is 302 g/mol. The van der Waals surface area contributed by atoms with Gasteiger partial charge in [0.15, 0.2) is 0 Å². The van der Waals surface area contributed by atoms with Gasteiger partial charge in [0, 0.05) is 18.5 Å². The van der Waals surface area contributed by atoms with E-state index in [1.807, 2.05) is 0 Å². The number of nitrogens with zero attached hydrogens (tertiary/aromatic N) is 1. The molecule has 0 unspecified atom stereocenters. The molecule has 2 fully saturated rings. The lowest BCUT2D eigenvalue weighted by atomic mass is 9.88. The fourth-order valence-electron chi connectivity index (χ4n) is 4.16. The van der Waals surface area contributed by atoms with Crippen LogP contribution in [0.4, 0.5) is 0 Å². The molecule has 2 rings (SSSR count). The summed E-state index contributed by atoms with van der Waals surface area (Å²) in [6.45, 7) is 2.56. The van der Waals surface area contributed by atoms with Gasteiger partial charge in [0.1, 0.15) is 0 Å². The molecule has 1 amide bonds. The topological polar surface area (TPSA) is 46.6 Å². The molecule has 2 saturated carbocycles. The Kier molecular flexibility index (Phi) is 8.62. The average Bonchev–Trinajstić information content (AvgIpc) is 2.62. The van der Waals surface area contributed by atoms with E-state index in [1.165, 1.54) is 38.5 Å². The first-order valence-corrected chi connectivity index (χ1v) is 10.2. The highest BCUT2D eigenvalue weighted by molar-refractivity contribution is 5.81. The van der Waals surface area contributed by atoms with Gasteiger partial charge in [-0.15, -0.1) is 0 Å². The number of hydrogen-bond donors (Lipinski definition) is 0. The van der Waals surface area contributed by atoms with Crippen LogP contribution in [0.5, 0.6) is 0 Å². The van der Waals surface area contributed by atoms with Crippen LogP contribution in [0.3, 0.4) is 0 Å². The van der Waals surface area contributed by atoms with Crippen molar-refractivity contribution in [3.8, 4) is 0 Å². The van der Waals surface area contributed by atoms with E-state index in [2.05, 4.69) is 11.8 Å². The van der Waals surface area contributed by atoms with Gasteiger partial charge in [-0.05, 0) is 32.1 Å². The van der Waals surface area contributed by atoms with Crippen molar-refractivity contribution in [1.29, 1.82) is 0 Å². The number of hydrogen-bond acceptors (Lipinski definition) is 3. The molecule has 0 aromatic rings. The lowest BCUT2D eigenvalue weighted by Crippen LogP contribution is -2.48. The standard InChI is InChI=1S/C20H35NO3/c1-2-3-16-24-20(23)15-14-19(22)21(17-10-6-4-7-11-17)18-12-8-5-9-13-18/h17-18H,2-16H2,1H3. The number of esters is 1. The van der Waals surface area contributed by atoms with Gasteiger partial charge in [-0.2, -0.15) is 0 Å². The summed E-state index contributed by atoms with van der Waals surface area (Å²) in [5.41, 5.74) is 0. The normalized spacial score (nSPS) is 19.9. The van der Waals surface area contributed by atoms with Crippen molar-refractivity contribution in [1.82, 2.24) is 4.90 Å². The second-order valence-corrected chi connectivity index (χ2v) is 7.46. The van der Waals surface area contributed by atoms with Crippen LogP contribution < -0.4 is 0 Å². The monoisotopic (exact) mass is 337 g/mol. The molecule has 4 heteroatoms. The molecule has 2 aliphatic rings. The molecule has 0 spiro atoms. The number of unbranched alkanes of at least 4 members (excludes halogenated alkanes) is 1. The highest BCUT2D eigenvalue weighted by atomic mass is 16.5. The summed E-state index contributed by atoms with van der Waals surface area (Å²) < 4.78 is 5.19. The highest BCUT2D eigenvalue weighted by Gasteiger charge is 2.32. The number of carbonyl (C=O) groups excluding carboxylic acids is 2. The van der Waals surface area contributed by atoms with Crippen molar-refractivity contribution in [3.05, 3.63) is 0 Å². The van der Waals surface area contributed by atoms with E-state index in [0.29, 0.717) is 25.1 Å². The zero-order chi connectivity index (χ0) is 17.2. The van der Waals surface area contributed by atoms with Crippen LogP contribution in [-0.4, -0.2) is 35.5 Å². The Balaban J connectivity index is 1.87. The first-order chi connectivity index (χ1) is 11.7. The lowest BCUT2D eigenvalue weighted by Gasteiger charge is -2.42. The molecule has 138 valence electrons. The van der Waals surface area contributed by atoms with E-state index in [0.717, 1.165) is 38.5 Å². The first-order valence-electron chi connectivity index (χ1n) is 10.2. The minimum absolute atomic E-state index is 0.182. The first kappa shape index (κ1) is 19.3. The molecule has 0 atom stereocenters. The molecule has 0 aliphatic heterocycles. The Morgan fingerprint density at radius 1 is 0.875 bits per heavy atom. The van der Waals surface area contributed by atoms with Crippen LogP contribution in [0.1, 0.15) is 96.8 Å². The van der Waals surface area contributed by atoms with E-state index in [4.69, 9.17) is 4.74 Å². The third kappa shape index (κ3) is 6.10. The Bertz CT molecular complexity index is 366. The molecular formula is C20H35NO3. The van der Waals surface area contributed by atoms with Crippen LogP contribution >= 0.6 is 0 Å². The summed E-state index contributed by atoms with van der Waals surface area (Å²) in [5, 5.41) is 0. The van der Waals surface area contributed by atoms with E-state index in [9.17, 15) is 9.59 Å². The maximum atomic E-state index is 12.9. The summed E-state index contributed by atoms with van der Waals surface area (Å²) in [6.07, 6.45) is 14.6. The summed E-state index contributed by atoms with van der Waals surface area (Å²) in [6, 6.07) is 0.816.